The normalized spacial score (nSPS) is 10.3. The first kappa shape index (κ1) is 12.7. The molecule has 8 heteroatoms. The molecule has 14 heavy (non-hydrogen) atoms. The van der Waals surface area contributed by atoms with E-state index in [1.54, 1.807) is 0 Å². The number of aromatic amines is 1. The highest BCUT2D eigenvalue weighted by atomic mass is 32.2. The van der Waals surface area contributed by atoms with Gasteiger partial charge >= 0.3 is 5.82 Å². The van der Waals surface area contributed by atoms with Gasteiger partial charge in [0, 0.05) is 12.3 Å². The Morgan fingerprint density at radius 2 is 1.86 bits per heavy atom. The molecule has 0 saturated heterocycles. The fourth-order valence-corrected chi connectivity index (χ4v) is 0.466. The Kier molecular flexibility index (Phi) is 4.38. The molecule has 0 spiro atoms. The third-order valence-electron chi connectivity index (χ3n) is 0.887. The van der Waals surface area contributed by atoms with Crippen LogP contribution >= 0.6 is 0 Å². The molecule has 0 unspecified atom stereocenters. The van der Waals surface area contributed by atoms with E-state index >= 15 is 0 Å². The van der Waals surface area contributed by atoms with Gasteiger partial charge in [0.25, 0.3) is 5.95 Å². The van der Waals surface area contributed by atoms with E-state index in [2.05, 4.69) is 0 Å². The molecule has 1 rings (SSSR count). The van der Waals surface area contributed by atoms with Crippen LogP contribution in [0, 0.1) is 11.8 Å². The van der Waals surface area contributed by atoms with Gasteiger partial charge in [-0.3, -0.25) is 5.73 Å². The van der Waals surface area contributed by atoms with Crippen LogP contribution < -0.4 is 10.7 Å². The summed E-state index contributed by atoms with van der Waals surface area (Å²) in [6.45, 7) is 0. The molecule has 0 aliphatic carbocycles. The number of anilines is 1. The zero-order valence-electron chi connectivity index (χ0n) is 7.12. The van der Waals surface area contributed by atoms with Gasteiger partial charge in [0.1, 0.15) is 0 Å². The Balaban J connectivity index is 0.000000292. The first-order valence-electron chi connectivity index (χ1n) is 3.24. The summed E-state index contributed by atoms with van der Waals surface area (Å²) in [6.07, 6.45) is 0.604. The van der Waals surface area contributed by atoms with Crippen molar-refractivity contribution in [3.8, 4) is 0 Å². The standard InChI is InChI=1S/C5H4F2N2.CH4O3S/c6-3-1-2-4(7)9-5(3)8;1-5(2,3)4/h1-2H,(H2,8,9);1H3,(H,2,3,4). The Labute approximate surface area is 79.3 Å². The van der Waals surface area contributed by atoms with Crippen molar-refractivity contribution in [3.05, 3.63) is 23.9 Å². The van der Waals surface area contributed by atoms with E-state index in [-0.39, 0.29) is 5.82 Å². The van der Waals surface area contributed by atoms with E-state index in [1.807, 2.05) is 4.98 Å². The van der Waals surface area contributed by atoms with Crippen molar-refractivity contribution in [3.63, 3.8) is 0 Å². The van der Waals surface area contributed by atoms with Crippen molar-refractivity contribution in [1.29, 1.82) is 0 Å². The summed E-state index contributed by atoms with van der Waals surface area (Å²) >= 11 is 0. The zero-order valence-corrected chi connectivity index (χ0v) is 7.94. The Bertz CT molecular complexity index is 400. The summed E-state index contributed by atoms with van der Waals surface area (Å²) in [6, 6.07) is 1.92. The highest BCUT2D eigenvalue weighted by molar-refractivity contribution is 7.84. The number of hydrogen-bond acceptors (Lipinski definition) is 4. The lowest BCUT2D eigenvalue weighted by atomic mass is 10.4. The van der Waals surface area contributed by atoms with Crippen LogP contribution in [0.2, 0.25) is 0 Å². The molecule has 1 aromatic heterocycles. The molecular weight excluding hydrogens is 218 g/mol. The van der Waals surface area contributed by atoms with Crippen molar-refractivity contribution in [1.82, 2.24) is 0 Å². The number of pyridine rings is 1. The molecular formula is C6H8F2N2O3S. The average molecular weight is 226 g/mol. The molecule has 0 fully saturated rings. The van der Waals surface area contributed by atoms with Gasteiger partial charge in [0.05, 0.1) is 10.1 Å². The Morgan fingerprint density at radius 1 is 1.43 bits per heavy atom. The van der Waals surface area contributed by atoms with Crippen LogP contribution in [-0.2, 0) is 10.1 Å². The molecule has 1 heterocycles. The van der Waals surface area contributed by atoms with E-state index < -0.39 is 21.9 Å². The van der Waals surface area contributed by atoms with E-state index in [1.165, 1.54) is 0 Å². The molecule has 0 atom stereocenters. The molecule has 0 bridgehead atoms. The highest BCUT2D eigenvalue weighted by Crippen LogP contribution is 2.00. The lowest BCUT2D eigenvalue weighted by Gasteiger charge is -1.90. The molecule has 0 saturated carbocycles. The van der Waals surface area contributed by atoms with E-state index in [0.29, 0.717) is 6.26 Å². The van der Waals surface area contributed by atoms with Crippen LogP contribution in [0.1, 0.15) is 0 Å². The van der Waals surface area contributed by atoms with Crippen LogP contribution in [0.5, 0.6) is 0 Å². The first-order chi connectivity index (χ1) is 6.20. The fraction of sp³-hybridized carbons (Fsp3) is 0.167. The smallest absolute Gasteiger partial charge is 0.308 e. The molecule has 0 aliphatic heterocycles. The second kappa shape index (κ2) is 4.82. The van der Waals surface area contributed by atoms with Gasteiger partial charge in [-0.2, -0.15) is 8.78 Å². The highest BCUT2D eigenvalue weighted by Gasteiger charge is 2.04. The number of H-pyrrole nitrogens is 1. The van der Waals surface area contributed by atoms with Crippen LogP contribution in [0.25, 0.3) is 0 Å². The number of halogens is 2. The van der Waals surface area contributed by atoms with Crippen molar-refractivity contribution in [2.24, 2.45) is 0 Å². The van der Waals surface area contributed by atoms with Crippen molar-refractivity contribution in [2.75, 3.05) is 12.0 Å². The number of nitrogens with one attached hydrogen (secondary N) is 1. The summed E-state index contributed by atoms with van der Waals surface area (Å²) in [7, 11) is -3.92. The molecule has 0 radical (unpaired) electrons. The minimum atomic E-state index is -3.92. The summed E-state index contributed by atoms with van der Waals surface area (Å²) in [4.78, 5) is 1.97. The second-order valence-corrected chi connectivity index (χ2v) is 3.68. The van der Waals surface area contributed by atoms with E-state index in [9.17, 15) is 8.78 Å². The monoisotopic (exact) mass is 226 g/mol. The summed E-state index contributed by atoms with van der Waals surface area (Å²) in [5.74, 6) is -1.57. The molecule has 0 aromatic carbocycles. The van der Waals surface area contributed by atoms with Gasteiger partial charge in [-0.25, -0.2) is 13.4 Å². The summed E-state index contributed by atoms with van der Waals surface area (Å²) < 4.78 is 51.5. The van der Waals surface area contributed by atoms with Crippen molar-refractivity contribution in [2.45, 2.75) is 0 Å². The lowest BCUT2D eigenvalue weighted by Crippen LogP contribution is -2.16. The largest absolute Gasteiger partial charge is 0.748 e. The van der Waals surface area contributed by atoms with Crippen LogP contribution in [0.4, 0.5) is 14.6 Å². The van der Waals surface area contributed by atoms with Crippen LogP contribution in [0.3, 0.4) is 0 Å². The molecule has 0 amide bonds. The maximum atomic E-state index is 12.2. The van der Waals surface area contributed by atoms with Gasteiger partial charge in [-0.15, -0.1) is 0 Å². The molecule has 5 nitrogen and oxygen atoms in total. The number of rotatable bonds is 0. The van der Waals surface area contributed by atoms with Gasteiger partial charge in [-0.05, 0) is 6.07 Å². The van der Waals surface area contributed by atoms with Crippen molar-refractivity contribution >= 4 is 15.9 Å². The Hall–Kier alpha value is -1.28. The summed E-state index contributed by atoms with van der Waals surface area (Å²) in [5, 5.41) is 0. The van der Waals surface area contributed by atoms with Crippen molar-refractivity contribution < 1.29 is 26.7 Å². The zero-order chi connectivity index (χ0) is 11.4. The fourth-order valence-electron chi connectivity index (χ4n) is 0.466. The number of nitrogen functional groups attached to an aromatic ring is 1. The number of nitrogens with two attached hydrogens (primary N) is 1. The van der Waals surface area contributed by atoms with E-state index in [0.717, 1.165) is 12.1 Å². The topological polar surface area (TPSA) is 97.4 Å². The van der Waals surface area contributed by atoms with Gasteiger partial charge in [-0.1, -0.05) is 0 Å². The molecule has 80 valence electrons. The lowest BCUT2D eigenvalue weighted by molar-refractivity contribution is -0.407. The predicted molar refractivity (Wildman–Crippen MR) is 42.9 cm³/mol. The predicted octanol–water partition coefficient (Wildman–Crippen LogP) is -0.477. The first-order valence-corrected chi connectivity index (χ1v) is 5.05. The molecule has 3 N–H and O–H groups in total. The Morgan fingerprint density at radius 3 is 2.14 bits per heavy atom. The average Bonchev–Trinajstić information content (AvgIpc) is 1.94. The van der Waals surface area contributed by atoms with Gasteiger partial charge in [0.2, 0.25) is 5.82 Å². The quantitative estimate of drug-likeness (QED) is 0.477. The maximum absolute atomic E-state index is 12.2. The molecule has 0 aliphatic rings. The molecule has 1 aromatic rings. The third kappa shape index (κ3) is 7.37. The van der Waals surface area contributed by atoms with Crippen LogP contribution in [-0.4, -0.2) is 19.2 Å². The third-order valence-corrected chi connectivity index (χ3v) is 0.887. The van der Waals surface area contributed by atoms with Crippen LogP contribution in [0.15, 0.2) is 12.1 Å². The summed E-state index contributed by atoms with van der Waals surface area (Å²) in [5.41, 5.74) is 4.95. The number of aromatic nitrogens is 1. The van der Waals surface area contributed by atoms with E-state index in [4.69, 9.17) is 18.7 Å². The second-order valence-electron chi connectivity index (χ2n) is 2.27. The minimum Gasteiger partial charge on any atom is -0.748 e. The maximum Gasteiger partial charge on any atom is 0.308 e. The van der Waals surface area contributed by atoms with Gasteiger partial charge < -0.3 is 4.55 Å². The SMILES string of the molecule is CS(=O)(=O)[O-].Nc1[nH+]c(F)ccc1F. The minimum absolute atomic E-state index is 0.282. The van der Waals surface area contributed by atoms with Gasteiger partial charge in [0.15, 0.2) is 0 Å². The number of hydrogen-bond donors (Lipinski definition) is 1.